The van der Waals surface area contributed by atoms with E-state index in [9.17, 15) is 4.79 Å². The number of likely N-dealkylation sites (N-methyl/N-ethyl adjacent to an activating group) is 1. The number of carbonyl (C=O) groups excluding carboxylic acids is 1. The summed E-state index contributed by atoms with van der Waals surface area (Å²) in [4.78, 5) is 13.4. The zero-order valence-electron chi connectivity index (χ0n) is 10.6. The van der Waals surface area contributed by atoms with Crippen LogP contribution < -0.4 is 0 Å². The Morgan fingerprint density at radius 2 is 2.38 bits per heavy atom. The first-order valence-corrected chi connectivity index (χ1v) is 5.87. The summed E-state index contributed by atoms with van der Waals surface area (Å²) in [6, 6.07) is 0.323. The van der Waals surface area contributed by atoms with E-state index in [2.05, 4.69) is 11.8 Å². The summed E-state index contributed by atoms with van der Waals surface area (Å²) in [6.45, 7) is 4.88. The molecule has 0 saturated carbocycles. The largest absolute Gasteiger partial charge is 0.383 e. The lowest BCUT2D eigenvalue weighted by molar-refractivity contribution is -0.126. The molecule has 0 N–H and O–H groups in total. The third-order valence-corrected chi connectivity index (χ3v) is 3.33. The molecule has 0 amide bonds. The van der Waals surface area contributed by atoms with E-state index in [1.807, 2.05) is 7.05 Å². The molecule has 4 heteroatoms. The smallest absolute Gasteiger partial charge is 0.129 e. The van der Waals surface area contributed by atoms with Crippen LogP contribution >= 0.6 is 0 Å². The van der Waals surface area contributed by atoms with E-state index in [1.165, 1.54) is 0 Å². The monoisotopic (exact) mass is 229 g/mol. The van der Waals surface area contributed by atoms with Crippen LogP contribution in [0.2, 0.25) is 0 Å². The lowest BCUT2D eigenvalue weighted by Gasteiger charge is -2.37. The highest BCUT2D eigenvalue weighted by atomic mass is 16.5. The molecule has 2 unspecified atom stereocenters. The average Bonchev–Trinajstić information content (AvgIpc) is 2.30. The standard InChI is InChI=1S/C12H23NO3/c1-11(7-15-3)13(2)8-12(9-14)5-4-6-16-10-12/h9,11H,4-8,10H2,1-3H3. The number of rotatable bonds is 6. The number of carbonyl (C=O) groups is 1. The maximum atomic E-state index is 11.3. The molecule has 1 saturated heterocycles. The van der Waals surface area contributed by atoms with Gasteiger partial charge in [-0.2, -0.15) is 0 Å². The van der Waals surface area contributed by atoms with Crippen molar-refractivity contribution >= 4 is 6.29 Å². The molecule has 1 aliphatic rings. The Labute approximate surface area is 97.9 Å². The van der Waals surface area contributed by atoms with E-state index < -0.39 is 0 Å². The van der Waals surface area contributed by atoms with Gasteiger partial charge in [0.2, 0.25) is 0 Å². The number of hydrogen-bond acceptors (Lipinski definition) is 4. The van der Waals surface area contributed by atoms with E-state index in [1.54, 1.807) is 7.11 Å². The zero-order valence-corrected chi connectivity index (χ0v) is 10.6. The van der Waals surface area contributed by atoms with Crippen molar-refractivity contribution in [2.45, 2.75) is 25.8 Å². The van der Waals surface area contributed by atoms with Gasteiger partial charge < -0.3 is 19.2 Å². The van der Waals surface area contributed by atoms with Gasteiger partial charge in [0.15, 0.2) is 0 Å². The van der Waals surface area contributed by atoms with Crippen molar-refractivity contribution in [3.8, 4) is 0 Å². The molecule has 1 rings (SSSR count). The fourth-order valence-corrected chi connectivity index (χ4v) is 2.15. The second kappa shape index (κ2) is 6.33. The van der Waals surface area contributed by atoms with Crippen LogP contribution in [0.5, 0.6) is 0 Å². The molecule has 94 valence electrons. The Morgan fingerprint density at radius 1 is 1.62 bits per heavy atom. The molecule has 1 heterocycles. The average molecular weight is 229 g/mol. The Hall–Kier alpha value is -0.450. The summed E-state index contributed by atoms with van der Waals surface area (Å²) in [6.07, 6.45) is 2.98. The van der Waals surface area contributed by atoms with E-state index in [0.717, 1.165) is 32.3 Å². The minimum absolute atomic E-state index is 0.311. The number of nitrogens with zero attached hydrogens (tertiary/aromatic N) is 1. The second-order valence-corrected chi connectivity index (χ2v) is 4.86. The van der Waals surface area contributed by atoms with Gasteiger partial charge in [0.05, 0.1) is 18.6 Å². The van der Waals surface area contributed by atoms with Gasteiger partial charge in [0, 0.05) is 26.3 Å². The Morgan fingerprint density at radius 3 is 2.88 bits per heavy atom. The predicted octanol–water partition coefficient (Wildman–Crippen LogP) is 0.949. The van der Waals surface area contributed by atoms with Gasteiger partial charge in [0.25, 0.3) is 0 Å². The van der Waals surface area contributed by atoms with Crippen LogP contribution in [0.3, 0.4) is 0 Å². The first-order chi connectivity index (χ1) is 7.63. The van der Waals surface area contributed by atoms with Crippen LogP contribution in [-0.4, -0.2) is 57.8 Å². The fraction of sp³-hybridized carbons (Fsp3) is 0.917. The SMILES string of the molecule is COCC(C)N(C)CC1(C=O)CCCOC1. The normalized spacial score (nSPS) is 28.0. The highest BCUT2D eigenvalue weighted by molar-refractivity contribution is 5.60. The van der Waals surface area contributed by atoms with Crippen molar-refractivity contribution < 1.29 is 14.3 Å². The summed E-state index contributed by atoms with van der Waals surface area (Å²) in [5.74, 6) is 0. The Kier molecular flexibility index (Phi) is 5.38. The van der Waals surface area contributed by atoms with Crippen LogP contribution in [0, 0.1) is 5.41 Å². The number of ether oxygens (including phenoxy) is 2. The lowest BCUT2D eigenvalue weighted by Crippen LogP contribution is -2.46. The topological polar surface area (TPSA) is 38.8 Å². The van der Waals surface area contributed by atoms with E-state index in [4.69, 9.17) is 9.47 Å². The van der Waals surface area contributed by atoms with E-state index in [0.29, 0.717) is 19.3 Å². The molecule has 0 aromatic rings. The Balaban J connectivity index is 2.51. The molecular weight excluding hydrogens is 206 g/mol. The van der Waals surface area contributed by atoms with Crippen molar-refractivity contribution in [2.24, 2.45) is 5.41 Å². The van der Waals surface area contributed by atoms with Crippen LogP contribution in [-0.2, 0) is 14.3 Å². The molecule has 0 radical (unpaired) electrons. The van der Waals surface area contributed by atoms with Crippen LogP contribution in [0.1, 0.15) is 19.8 Å². The van der Waals surface area contributed by atoms with Crippen LogP contribution in [0.4, 0.5) is 0 Å². The van der Waals surface area contributed by atoms with Crippen molar-refractivity contribution in [3.63, 3.8) is 0 Å². The quantitative estimate of drug-likeness (QED) is 0.636. The summed E-state index contributed by atoms with van der Waals surface area (Å²) in [5.41, 5.74) is -0.311. The molecule has 1 aliphatic heterocycles. The Bertz CT molecular complexity index is 214. The first kappa shape index (κ1) is 13.6. The highest BCUT2D eigenvalue weighted by Crippen LogP contribution is 2.27. The van der Waals surface area contributed by atoms with Gasteiger partial charge in [-0.05, 0) is 26.8 Å². The van der Waals surface area contributed by atoms with Gasteiger partial charge in [-0.1, -0.05) is 0 Å². The van der Waals surface area contributed by atoms with E-state index in [-0.39, 0.29) is 5.41 Å². The molecule has 2 atom stereocenters. The molecule has 0 aromatic carbocycles. The third kappa shape index (κ3) is 3.54. The predicted molar refractivity (Wildman–Crippen MR) is 62.5 cm³/mol. The minimum Gasteiger partial charge on any atom is -0.383 e. The van der Waals surface area contributed by atoms with Gasteiger partial charge in [0.1, 0.15) is 6.29 Å². The molecule has 4 nitrogen and oxygen atoms in total. The summed E-state index contributed by atoms with van der Waals surface area (Å²) < 4.78 is 10.5. The van der Waals surface area contributed by atoms with Crippen LogP contribution in [0.25, 0.3) is 0 Å². The number of aldehydes is 1. The van der Waals surface area contributed by atoms with Crippen molar-refractivity contribution in [2.75, 3.05) is 40.5 Å². The van der Waals surface area contributed by atoms with E-state index >= 15 is 0 Å². The lowest BCUT2D eigenvalue weighted by atomic mass is 9.83. The highest BCUT2D eigenvalue weighted by Gasteiger charge is 2.34. The minimum atomic E-state index is -0.311. The van der Waals surface area contributed by atoms with Crippen molar-refractivity contribution in [1.82, 2.24) is 4.90 Å². The van der Waals surface area contributed by atoms with Gasteiger partial charge >= 0.3 is 0 Å². The van der Waals surface area contributed by atoms with Crippen LogP contribution in [0.15, 0.2) is 0 Å². The molecule has 0 spiro atoms. The molecule has 0 bridgehead atoms. The first-order valence-electron chi connectivity index (χ1n) is 5.87. The fourth-order valence-electron chi connectivity index (χ4n) is 2.15. The third-order valence-electron chi connectivity index (χ3n) is 3.33. The van der Waals surface area contributed by atoms with Crippen molar-refractivity contribution in [1.29, 1.82) is 0 Å². The number of methoxy groups -OCH3 is 1. The molecular formula is C12H23NO3. The molecule has 0 aliphatic carbocycles. The summed E-state index contributed by atoms with van der Waals surface area (Å²) >= 11 is 0. The second-order valence-electron chi connectivity index (χ2n) is 4.86. The molecule has 1 fully saturated rings. The zero-order chi connectivity index (χ0) is 12.0. The van der Waals surface area contributed by atoms with Gasteiger partial charge in [-0.15, -0.1) is 0 Å². The summed E-state index contributed by atoms with van der Waals surface area (Å²) in [5, 5.41) is 0. The maximum Gasteiger partial charge on any atom is 0.129 e. The number of hydrogen-bond donors (Lipinski definition) is 0. The van der Waals surface area contributed by atoms with Crippen molar-refractivity contribution in [3.05, 3.63) is 0 Å². The van der Waals surface area contributed by atoms with Gasteiger partial charge in [-0.3, -0.25) is 0 Å². The summed E-state index contributed by atoms with van der Waals surface area (Å²) in [7, 11) is 3.73. The van der Waals surface area contributed by atoms with Gasteiger partial charge in [-0.25, -0.2) is 0 Å². The molecule has 0 aromatic heterocycles. The molecule has 16 heavy (non-hydrogen) atoms. The maximum absolute atomic E-state index is 11.3.